The Morgan fingerprint density at radius 2 is 2.15 bits per heavy atom. The van der Waals surface area contributed by atoms with Gasteiger partial charge in [0.15, 0.2) is 0 Å². The van der Waals surface area contributed by atoms with Gasteiger partial charge in [-0.15, -0.1) is 0 Å². The molecular formula is C7H11O5P. The summed E-state index contributed by atoms with van der Waals surface area (Å²) in [5.74, 6) is -1.22. The molecule has 0 bridgehead atoms. The van der Waals surface area contributed by atoms with Gasteiger partial charge in [-0.05, 0) is 12.1 Å². The third-order valence-electron chi connectivity index (χ3n) is 1.61. The lowest BCUT2D eigenvalue weighted by molar-refractivity contribution is 0.158. The van der Waals surface area contributed by atoms with Crippen molar-refractivity contribution < 1.29 is 23.1 Å². The van der Waals surface area contributed by atoms with E-state index in [0.29, 0.717) is 0 Å². The second-order valence-corrected chi connectivity index (χ2v) is 4.59. The van der Waals surface area contributed by atoms with Crippen molar-refractivity contribution in [3.63, 3.8) is 0 Å². The van der Waals surface area contributed by atoms with Gasteiger partial charge in [0.1, 0.15) is 5.76 Å². The Balaban J connectivity index is 2.89. The van der Waals surface area contributed by atoms with Crippen LogP contribution in [0.1, 0.15) is 11.6 Å². The van der Waals surface area contributed by atoms with Gasteiger partial charge in [0.25, 0.3) is 0 Å². The molecule has 74 valence electrons. The Morgan fingerprint density at radius 3 is 2.54 bits per heavy atom. The van der Waals surface area contributed by atoms with Crippen LogP contribution in [0, 0.1) is 0 Å². The summed E-state index contributed by atoms with van der Waals surface area (Å²) in [6, 6.07) is 3.07. The zero-order valence-corrected chi connectivity index (χ0v) is 8.23. The lowest BCUT2D eigenvalue weighted by Gasteiger charge is -2.17. The van der Waals surface area contributed by atoms with Crippen molar-refractivity contribution in [3.8, 4) is 0 Å². The van der Waals surface area contributed by atoms with Crippen LogP contribution in [0.4, 0.5) is 0 Å². The Labute approximate surface area is 75.8 Å². The molecular weight excluding hydrogens is 195 g/mol. The first-order chi connectivity index (χ1) is 6.14. The molecule has 0 amide bonds. The first-order valence-electron chi connectivity index (χ1n) is 3.56. The molecule has 0 saturated heterocycles. The minimum Gasteiger partial charge on any atom is -0.466 e. The fourth-order valence-electron chi connectivity index (χ4n) is 0.868. The SMILES string of the molecule is COP(=O)(OC)[C@H](O)c1ccco1. The Hall–Kier alpha value is -0.610. The average molecular weight is 206 g/mol. The summed E-state index contributed by atoms with van der Waals surface area (Å²) in [5, 5.41) is 9.52. The number of aliphatic hydroxyl groups excluding tert-OH is 1. The molecule has 6 heteroatoms. The van der Waals surface area contributed by atoms with Crippen LogP contribution >= 0.6 is 7.60 Å². The van der Waals surface area contributed by atoms with Crippen molar-refractivity contribution in [2.24, 2.45) is 0 Å². The van der Waals surface area contributed by atoms with Gasteiger partial charge in [0, 0.05) is 14.2 Å². The predicted octanol–water partition coefficient (Wildman–Crippen LogP) is 1.76. The number of aliphatic hydroxyl groups is 1. The summed E-state index contributed by atoms with van der Waals surface area (Å²) >= 11 is 0. The Kier molecular flexibility index (Phi) is 3.27. The smallest absolute Gasteiger partial charge is 0.366 e. The van der Waals surface area contributed by atoms with Crippen molar-refractivity contribution in [1.82, 2.24) is 0 Å². The van der Waals surface area contributed by atoms with E-state index in [1.54, 1.807) is 6.07 Å². The molecule has 5 nitrogen and oxygen atoms in total. The standard InChI is InChI=1S/C7H11O5P/c1-10-13(9,11-2)7(8)6-4-3-5-12-6/h3-5,7-8H,1-2H3/t7-/m0/s1. The van der Waals surface area contributed by atoms with Crippen molar-refractivity contribution in [2.45, 2.75) is 5.85 Å². The molecule has 13 heavy (non-hydrogen) atoms. The molecule has 0 aliphatic heterocycles. The van der Waals surface area contributed by atoms with Crippen LogP contribution < -0.4 is 0 Å². The molecule has 0 fully saturated rings. The Morgan fingerprint density at radius 1 is 1.54 bits per heavy atom. The highest BCUT2D eigenvalue weighted by Crippen LogP contribution is 2.58. The summed E-state index contributed by atoms with van der Waals surface area (Å²) < 4.78 is 25.6. The molecule has 1 aromatic heterocycles. The quantitative estimate of drug-likeness (QED) is 0.760. The van der Waals surface area contributed by atoms with Crippen molar-refractivity contribution in [2.75, 3.05) is 14.2 Å². The highest BCUT2D eigenvalue weighted by molar-refractivity contribution is 7.53. The second kappa shape index (κ2) is 4.07. The van der Waals surface area contributed by atoms with E-state index in [1.165, 1.54) is 26.5 Å². The van der Waals surface area contributed by atoms with Crippen LogP contribution in [0.5, 0.6) is 0 Å². The molecule has 0 aliphatic rings. The maximum atomic E-state index is 11.6. The number of hydrogen-bond donors (Lipinski definition) is 1. The van der Waals surface area contributed by atoms with Gasteiger partial charge in [0.05, 0.1) is 6.26 Å². The van der Waals surface area contributed by atoms with Crippen LogP contribution in [-0.2, 0) is 13.6 Å². The third kappa shape index (κ3) is 2.00. The number of hydrogen-bond acceptors (Lipinski definition) is 5. The lowest BCUT2D eigenvalue weighted by Crippen LogP contribution is -2.01. The van der Waals surface area contributed by atoms with Gasteiger partial charge >= 0.3 is 7.60 Å². The first kappa shape index (κ1) is 10.5. The van der Waals surface area contributed by atoms with Gasteiger partial charge < -0.3 is 18.6 Å². The minimum atomic E-state index is -3.50. The third-order valence-corrected chi connectivity index (χ3v) is 3.48. The van der Waals surface area contributed by atoms with Crippen molar-refractivity contribution in [3.05, 3.63) is 24.2 Å². The molecule has 1 heterocycles. The van der Waals surface area contributed by atoms with E-state index in [0.717, 1.165) is 0 Å². The summed E-state index contributed by atoms with van der Waals surface area (Å²) in [6.45, 7) is 0. The molecule has 1 rings (SSSR count). The van der Waals surface area contributed by atoms with E-state index < -0.39 is 13.4 Å². The fourth-order valence-corrected chi connectivity index (χ4v) is 1.88. The molecule has 0 aromatic carbocycles. The zero-order chi connectivity index (χ0) is 9.90. The molecule has 0 aliphatic carbocycles. The molecule has 1 aromatic rings. The molecule has 0 unspecified atom stereocenters. The second-order valence-electron chi connectivity index (χ2n) is 2.29. The number of furan rings is 1. The van der Waals surface area contributed by atoms with Crippen LogP contribution in [0.3, 0.4) is 0 Å². The predicted molar refractivity (Wildman–Crippen MR) is 45.3 cm³/mol. The molecule has 1 N–H and O–H groups in total. The molecule has 0 spiro atoms. The Bertz CT molecular complexity index is 286. The maximum Gasteiger partial charge on any atom is 0.366 e. The van der Waals surface area contributed by atoms with Crippen molar-refractivity contribution >= 4 is 7.60 Å². The molecule has 0 radical (unpaired) electrons. The summed E-state index contributed by atoms with van der Waals surface area (Å²) in [5.41, 5.74) is 0. The monoisotopic (exact) mass is 206 g/mol. The molecule has 0 saturated carbocycles. The van der Waals surface area contributed by atoms with Gasteiger partial charge in [0.2, 0.25) is 5.85 Å². The minimum absolute atomic E-state index is 0.159. The average Bonchev–Trinajstić information content (AvgIpc) is 2.68. The highest BCUT2D eigenvalue weighted by Gasteiger charge is 2.35. The van der Waals surface area contributed by atoms with Crippen molar-refractivity contribution in [1.29, 1.82) is 0 Å². The topological polar surface area (TPSA) is 68.9 Å². The van der Waals surface area contributed by atoms with Gasteiger partial charge in [-0.1, -0.05) is 0 Å². The summed E-state index contributed by atoms with van der Waals surface area (Å²) in [7, 11) is -1.09. The lowest BCUT2D eigenvalue weighted by atomic mass is 10.5. The number of rotatable bonds is 4. The van der Waals surface area contributed by atoms with Crippen LogP contribution in [0.2, 0.25) is 0 Å². The first-order valence-corrected chi connectivity index (χ1v) is 5.18. The normalized spacial score (nSPS) is 14.4. The van der Waals surface area contributed by atoms with Crippen LogP contribution in [-0.4, -0.2) is 19.3 Å². The zero-order valence-electron chi connectivity index (χ0n) is 7.34. The fraction of sp³-hybridized carbons (Fsp3) is 0.429. The maximum absolute atomic E-state index is 11.6. The summed E-state index contributed by atoms with van der Waals surface area (Å²) in [4.78, 5) is 0. The van der Waals surface area contributed by atoms with Crippen LogP contribution in [0.15, 0.2) is 22.8 Å². The van der Waals surface area contributed by atoms with Gasteiger partial charge in [-0.3, -0.25) is 4.57 Å². The highest BCUT2D eigenvalue weighted by atomic mass is 31.2. The van der Waals surface area contributed by atoms with E-state index in [4.69, 9.17) is 4.42 Å². The van der Waals surface area contributed by atoms with Gasteiger partial charge in [-0.25, -0.2) is 0 Å². The van der Waals surface area contributed by atoms with E-state index in [2.05, 4.69) is 9.05 Å². The van der Waals surface area contributed by atoms with E-state index in [9.17, 15) is 9.67 Å². The van der Waals surface area contributed by atoms with Crippen LogP contribution in [0.25, 0.3) is 0 Å². The van der Waals surface area contributed by atoms with E-state index >= 15 is 0 Å². The summed E-state index contributed by atoms with van der Waals surface area (Å²) in [6.07, 6.45) is 1.37. The molecule has 1 atom stereocenters. The van der Waals surface area contributed by atoms with E-state index in [1.807, 2.05) is 0 Å². The largest absolute Gasteiger partial charge is 0.466 e. The van der Waals surface area contributed by atoms with E-state index in [-0.39, 0.29) is 5.76 Å². The van der Waals surface area contributed by atoms with Gasteiger partial charge in [-0.2, -0.15) is 0 Å².